The molecule has 2 atom stereocenters. The van der Waals surface area contributed by atoms with E-state index in [1.54, 1.807) is 13.0 Å². The third-order valence-electron chi connectivity index (χ3n) is 2.90. The fourth-order valence-electron chi connectivity index (χ4n) is 1.52. The average Bonchev–Trinajstić information content (AvgIpc) is 2.33. The van der Waals surface area contributed by atoms with Gasteiger partial charge in [-0.2, -0.15) is 0 Å². The molecule has 1 aromatic carbocycles. The minimum absolute atomic E-state index is 0.0766. The quantitative estimate of drug-likeness (QED) is 0.790. The van der Waals surface area contributed by atoms with Gasteiger partial charge in [0.05, 0.1) is 6.10 Å². The average molecular weight is 250 g/mol. The Balaban J connectivity index is 2.66. The van der Waals surface area contributed by atoms with Gasteiger partial charge in [-0.15, -0.1) is 0 Å². The minimum atomic E-state index is -0.471. The zero-order chi connectivity index (χ0) is 13.7. The standard InChI is InChI=1S/C14H22N2O2/c1-5-10(3)18-11(4)14(17)16-13-8-12(15)7-6-9(13)2/h6-8,10-11H,5,15H2,1-4H3,(H,16,17). The number of anilines is 2. The maximum atomic E-state index is 12.0. The first-order valence-electron chi connectivity index (χ1n) is 6.26. The highest BCUT2D eigenvalue weighted by atomic mass is 16.5. The van der Waals surface area contributed by atoms with Gasteiger partial charge in [0.25, 0.3) is 5.91 Å². The van der Waals surface area contributed by atoms with Crippen LogP contribution >= 0.6 is 0 Å². The van der Waals surface area contributed by atoms with Crippen molar-refractivity contribution < 1.29 is 9.53 Å². The fraction of sp³-hybridized carbons (Fsp3) is 0.500. The van der Waals surface area contributed by atoms with Gasteiger partial charge in [0, 0.05) is 11.4 Å². The Bertz CT molecular complexity index is 418. The molecular formula is C14H22N2O2. The molecule has 0 aliphatic carbocycles. The summed E-state index contributed by atoms with van der Waals surface area (Å²) in [4.78, 5) is 12.0. The van der Waals surface area contributed by atoms with E-state index in [-0.39, 0.29) is 12.0 Å². The number of rotatable bonds is 5. The van der Waals surface area contributed by atoms with Crippen molar-refractivity contribution in [1.29, 1.82) is 0 Å². The van der Waals surface area contributed by atoms with E-state index in [9.17, 15) is 4.79 Å². The Kier molecular flexibility index (Phi) is 5.16. The van der Waals surface area contributed by atoms with Crippen molar-refractivity contribution in [1.82, 2.24) is 0 Å². The summed E-state index contributed by atoms with van der Waals surface area (Å²) in [5.41, 5.74) is 8.05. The molecule has 0 aliphatic rings. The molecule has 0 radical (unpaired) electrons. The highest BCUT2D eigenvalue weighted by Crippen LogP contribution is 2.18. The summed E-state index contributed by atoms with van der Waals surface area (Å²) in [5, 5.41) is 2.84. The summed E-state index contributed by atoms with van der Waals surface area (Å²) < 4.78 is 5.56. The monoisotopic (exact) mass is 250 g/mol. The molecule has 0 aromatic heterocycles. The van der Waals surface area contributed by atoms with Gasteiger partial charge in [-0.3, -0.25) is 4.79 Å². The molecule has 0 spiro atoms. The van der Waals surface area contributed by atoms with Crippen LogP contribution in [0.2, 0.25) is 0 Å². The van der Waals surface area contributed by atoms with Crippen LogP contribution in [0.25, 0.3) is 0 Å². The van der Waals surface area contributed by atoms with E-state index in [2.05, 4.69) is 5.32 Å². The maximum absolute atomic E-state index is 12.0. The lowest BCUT2D eigenvalue weighted by Crippen LogP contribution is -2.30. The molecular weight excluding hydrogens is 228 g/mol. The molecule has 0 aliphatic heterocycles. The van der Waals surface area contributed by atoms with Crippen LogP contribution in [0.5, 0.6) is 0 Å². The number of benzene rings is 1. The topological polar surface area (TPSA) is 64.3 Å². The van der Waals surface area contributed by atoms with Crippen LogP contribution in [0.15, 0.2) is 18.2 Å². The molecule has 100 valence electrons. The molecule has 2 unspecified atom stereocenters. The van der Waals surface area contributed by atoms with Crippen LogP contribution < -0.4 is 11.1 Å². The van der Waals surface area contributed by atoms with E-state index < -0.39 is 6.10 Å². The molecule has 3 N–H and O–H groups in total. The van der Waals surface area contributed by atoms with Gasteiger partial charge in [-0.05, 0) is 44.9 Å². The number of ether oxygens (including phenoxy) is 1. The van der Waals surface area contributed by atoms with Crippen molar-refractivity contribution in [2.24, 2.45) is 0 Å². The number of carbonyl (C=O) groups is 1. The summed E-state index contributed by atoms with van der Waals surface area (Å²) >= 11 is 0. The van der Waals surface area contributed by atoms with Crippen LogP contribution in [0.3, 0.4) is 0 Å². The summed E-state index contributed by atoms with van der Waals surface area (Å²) in [6.07, 6.45) is 0.489. The molecule has 1 aromatic rings. The highest BCUT2D eigenvalue weighted by molar-refractivity contribution is 5.95. The SMILES string of the molecule is CCC(C)OC(C)C(=O)Nc1cc(N)ccc1C. The number of nitrogens with two attached hydrogens (primary N) is 1. The molecule has 0 saturated heterocycles. The van der Waals surface area contributed by atoms with Crippen LogP contribution in [0.1, 0.15) is 32.8 Å². The summed E-state index contributed by atoms with van der Waals surface area (Å²) in [6.45, 7) is 7.66. The number of nitrogens with one attached hydrogen (secondary N) is 1. The minimum Gasteiger partial charge on any atom is -0.399 e. The second-order valence-corrected chi connectivity index (χ2v) is 4.56. The van der Waals surface area contributed by atoms with Crippen LogP contribution in [0.4, 0.5) is 11.4 Å². The van der Waals surface area contributed by atoms with Crippen LogP contribution in [-0.2, 0) is 9.53 Å². The molecule has 4 heteroatoms. The van der Waals surface area contributed by atoms with E-state index in [0.29, 0.717) is 5.69 Å². The van der Waals surface area contributed by atoms with Gasteiger partial charge in [0.15, 0.2) is 0 Å². The third-order valence-corrected chi connectivity index (χ3v) is 2.90. The van der Waals surface area contributed by atoms with Crippen LogP contribution in [0, 0.1) is 6.92 Å². The van der Waals surface area contributed by atoms with E-state index >= 15 is 0 Å². The number of nitrogen functional groups attached to an aromatic ring is 1. The molecule has 1 amide bonds. The van der Waals surface area contributed by atoms with Crippen molar-refractivity contribution in [2.75, 3.05) is 11.1 Å². The summed E-state index contributed by atoms with van der Waals surface area (Å²) in [6, 6.07) is 5.44. The van der Waals surface area contributed by atoms with E-state index in [1.165, 1.54) is 0 Å². The molecule has 0 bridgehead atoms. The first kappa shape index (κ1) is 14.5. The number of carbonyl (C=O) groups excluding carboxylic acids is 1. The smallest absolute Gasteiger partial charge is 0.253 e. The second-order valence-electron chi connectivity index (χ2n) is 4.56. The van der Waals surface area contributed by atoms with Crippen LogP contribution in [-0.4, -0.2) is 18.1 Å². The van der Waals surface area contributed by atoms with Gasteiger partial charge < -0.3 is 15.8 Å². The lowest BCUT2D eigenvalue weighted by atomic mass is 10.1. The number of hydrogen-bond donors (Lipinski definition) is 2. The highest BCUT2D eigenvalue weighted by Gasteiger charge is 2.16. The lowest BCUT2D eigenvalue weighted by molar-refractivity contribution is -0.129. The van der Waals surface area contributed by atoms with Crippen molar-refractivity contribution in [3.8, 4) is 0 Å². The van der Waals surface area contributed by atoms with E-state index in [4.69, 9.17) is 10.5 Å². The van der Waals surface area contributed by atoms with Crippen molar-refractivity contribution >= 4 is 17.3 Å². The van der Waals surface area contributed by atoms with Crippen molar-refractivity contribution in [3.05, 3.63) is 23.8 Å². The third kappa shape index (κ3) is 4.04. The normalized spacial score (nSPS) is 14.0. The van der Waals surface area contributed by atoms with E-state index in [0.717, 1.165) is 17.7 Å². The van der Waals surface area contributed by atoms with Gasteiger partial charge in [0.2, 0.25) is 0 Å². The zero-order valence-electron chi connectivity index (χ0n) is 11.5. The molecule has 4 nitrogen and oxygen atoms in total. The van der Waals surface area contributed by atoms with Crippen molar-refractivity contribution in [2.45, 2.75) is 46.3 Å². The largest absolute Gasteiger partial charge is 0.399 e. The van der Waals surface area contributed by atoms with Gasteiger partial charge in [0.1, 0.15) is 6.10 Å². The molecule has 0 fully saturated rings. The number of amides is 1. The number of aryl methyl sites for hydroxylation is 1. The Morgan fingerprint density at radius 3 is 2.72 bits per heavy atom. The summed E-state index contributed by atoms with van der Waals surface area (Å²) in [7, 11) is 0. The van der Waals surface area contributed by atoms with E-state index in [1.807, 2.05) is 32.9 Å². The van der Waals surface area contributed by atoms with Gasteiger partial charge in [-0.1, -0.05) is 13.0 Å². The Morgan fingerprint density at radius 1 is 1.44 bits per heavy atom. The van der Waals surface area contributed by atoms with Gasteiger partial charge in [-0.25, -0.2) is 0 Å². The van der Waals surface area contributed by atoms with Gasteiger partial charge >= 0.3 is 0 Å². The first-order valence-corrected chi connectivity index (χ1v) is 6.26. The molecule has 0 heterocycles. The Labute approximate surface area is 109 Å². The summed E-state index contributed by atoms with van der Waals surface area (Å²) in [5.74, 6) is -0.149. The molecule has 18 heavy (non-hydrogen) atoms. The second kappa shape index (κ2) is 6.40. The fourth-order valence-corrected chi connectivity index (χ4v) is 1.52. The maximum Gasteiger partial charge on any atom is 0.253 e. The molecule has 1 rings (SSSR count). The number of hydrogen-bond acceptors (Lipinski definition) is 3. The first-order chi connectivity index (χ1) is 8.43. The Hall–Kier alpha value is -1.55. The lowest BCUT2D eigenvalue weighted by Gasteiger charge is -2.18. The Morgan fingerprint density at radius 2 is 2.11 bits per heavy atom. The predicted octanol–water partition coefficient (Wildman–Crippen LogP) is 2.72. The zero-order valence-corrected chi connectivity index (χ0v) is 11.5. The van der Waals surface area contributed by atoms with Crippen molar-refractivity contribution in [3.63, 3.8) is 0 Å². The predicted molar refractivity (Wildman–Crippen MR) is 74.5 cm³/mol. The molecule has 0 saturated carbocycles.